The van der Waals surface area contributed by atoms with Crippen molar-refractivity contribution in [1.29, 1.82) is 0 Å². The van der Waals surface area contributed by atoms with Gasteiger partial charge in [0.2, 0.25) is 5.91 Å². The highest BCUT2D eigenvalue weighted by atomic mass is 16.4. The molecule has 90 valence electrons. The van der Waals surface area contributed by atoms with Crippen molar-refractivity contribution >= 4 is 11.9 Å². The van der Waals surface area contributed by atoms with Gasteiger partial charge in [-0.1, -0.05) is 13.3 Å². The highest BCUT2D eigenvalue weighted by Crippen LogP contribution is 2.34. The molecular formula is C12H19NO3. The van der Waals surface area contributed by atoms with Crippen molar-refractivity contribution in [3.05, 3.63) is 0 Å². The van der Waals surface area contributed by atoms with E-state index in [2.05, 4.69) is 0 Å². The Balaban J connectivity index is 1.93. The van der Waals surface area contributed by atoms with E-state index in [1.165, 1.54) is 0 Å². The third-order valence-corrected chi connectivity index (χ3v) is 3.62. The van der Waals surface area contributed by atoms with Gasteiger partial charge in [0.25, 0.3) is 0 Å². The van der Waals surface area contributed by atoms with E-state index in [0.29, 0.717) is 12.6 Å². The van der Waals surface area contributed by atoms with Crippen LogP contribution in [0.5, 0.6) is 0 Å². The molecule has 0 bridgehead atoms. The van der Waals surface area contributed by atoms with Gasteiger partial charge < -0.3 is 10.0 Å². The molecule has 1 amide bonds. The van der Waals surface area contributed by atoms with Crippen molar-refractivity contribution in [3.8, 4) is 0 Å². The largest absolute Gasteiger partial charge is 0.481 e. The van der Waals surface area contributed by atoms with E-state index >= 15 is 0 Å². The first-order valence-corrected chi connectivity index (χ1v) is 6.13. The van der Waals surface area contributed by atoms with Crippen molar-refractivity contribution in [2.24, 2.45) is 11.8 Å². The summed E-state index contributed by atoms with van der Waals surface area (Å²) in [5.41, 5.74) is 0. The van der Waals surface area contributed by atoms with Crippen molar-refractivity contribution in [1.82, 2.24) is 4.90 Å². The zero-order valence-corrected chi connectivity index (χ0v) is 9.69. The summed E-state index contributed by atoms with van der Waals surface area (Å²) in [4.78, 5) is 24.7. The second kappa shape index (κ2) is 4.44. The predicted octanol–water partition coefficient (Wildman–Crippen LogP) is 1.50. The van der Waals surface area contributed by atoms with Crippen molar-refractivity contribution < 1.29 is 14.7 Å². The highest BCUT2D eigenvalue weighted by Gasteiger charge is 2.38. The van der Waals surface area contributed by atoms with Crippen molar-refractivity contribution in [3.63, 3.8) is 0 Å². The predicted molar refractivity (Wildman–Crippen MR) is 58.9 cm³/mol. The van der Waals surface area contributed by atoms with Crippen LogP contribution in [0.4, 0.5) is 0 Å². The van der Waals surface area contributed by atoms with Crippen LogP contribution in [0.3, 0.4) is 0 Å². The molecule has 0 spiro atoms. The Bertz CT molecular complexity index is 295. The zero-order chi connectivity index (χ0) is 11.7. The Kier molecular flexibility index (Phi) is 3.17. The SMILES string of the molecule is C[C@@H](CN(C(=O)C1CCC1)C1CC1)C(=O)O. The number of nitrogens with zero attached hydrogens (tertiary/aromatic N) is 1. The standard InChI is InChI=1S/C12H19NO3/c1-8(12(15)16)7-13(10-5-6-10)11(14)9-3-2-4-9/h8-10H,2-7H2,1H3,(H,15,16)/t8-/m0/s1. The maximum atomic E-state index is 12.1. The molecule has 2 fully saturated rings. The number of amides is 1. The van der Waals surface area contributed by atoms with Crippen LogP contribution in [0.25, 0.3) is 0 Å². The summed E-state index contributed by atoms with van der Waals surface area (Å²) in [6.45, 7) is 2.06. The lowest BCUT2D eigenvalue weighted by molar-refractivity contribution is -0.145. The van der Waals surface area contributed by atoms with E-state index in [1.807, 2.05) is 4.90 Å². The Morgan fingerprint density at radius 2 is 1.94 bits per heavy atom. The second-order valence-corrected chi connectivity index (χ2v) is 5.09. The van der Waals surface area contributed by atoms with Crippen molar-refractivity contribution in [2.45, 2.75) is 45.1 Å². The van der Waals surface area contributed by atoms with Gasteiger partial charge in [0, 0.05) is 18.5 Å². The molecule has 2 saturated carbocycles. The number of carboxylic acid groups (broad SMARTS) is 1. The summed E-state index contributed by atoms with van der Waals surface area (Å²) >= 11 is 0. The molecular weight excluding hydrogens is 206 g/mol. The Morgan fingerprint density at radius 3 is 2.31 bits per heavy atom. The fourth-order valence-corrected chi connectivity index (χ4v) is 2.07. The highest BCUT2D eigenvalue weighted by molar-refractivity contribution is 5.81. The quantitative estimate of drug-likeness (QED) is 0.771. The van der Waals surface area contributed by atoms with Crippen LogP contribution in [0.2, 0.25) is 0 Å². The maximum Gasteiger partial charge on any atom is 0.308 e. The summed E-state index contributed by atoms with van der Waals surface area (Å²) in [5, 5.41) is 8.89. The summed E-state index contributed by atoms with van der Waals surface area (Å²) < 4.78 is 0. The lowest BCUT2D eigenvalue weighted by Gasteiger charge is -2.32. The number of aliphatic carboxylic acids is 1. The van der Waals surface area contributed by atoms with E-state index in [1.54, 1.807) is 6.92 Å². The topological polar surface area (TPSA) is 57.6 Å². The van der Waals surface area contributed by atoms with Gasteiger partial charge in [0.15, 0.2) is 0 Å². The minimum absolute atomic E-state index is 0.182. The molecule has 0 aromatic carbocycles. The van der Waals surface area contributed by atoms with Crippen LogP contribution in [0.1, 0.15) is 39.0 Å². The average molecular weight is 225 g/mol. The Hall–Kier alpha value is -1.06. The summed E-state index contributed by atoms with van der Waals surface area (Å²) in [6.07, 6.45) is 5.21. The molecule has 2 rings (SSSR count). The van der Waals surface area contributed by atoms with E-state index in [4.69, 9.17) is 5.11 Å². The fourth-order valence-electron chi connectivity index (χ4n) is 2.07. The zero-order valence-electron chi connectivity index (χ0n) is 9.69. The first-order chi connectivity index (χ1) is 7.59. The maximum absolute atomic E-state index is 12.1. The van der Waals surface area contributed by atoms with Gasteiger partial charge in [-0.15, -0.1) is 0 Å². The van der Waals surface area contributed by atoms with E-state index in [9.17, 15) is 9.59 Å². The van der Waals surface area contributed by atoms with Gasteiger partial charge in [0.05, 0.1) is 5.92 Å². The molecule has 0 aromatic heterocycles. The summed E-state index contributed by atoms with van der Waals surface area (Å²) in [7, 11) is 0. The molecule has 16 heavy (non-hydrogen) atoms. The lowest BCUT2D eigenvalue weighted by Crippen LogP contribution is -2.43. The van der Waals surface area contributed by atoms with Gasteiger partial charge in [-0.25, -0.2) is 0 Å². The Morgan fingerprint density at radius 1 is 1.31 bits per heavy atom. The van der Waals surface area contributed by atoms with E-state index in [0.717, 1.165) is 32.1 Å². The van der Waals surface area contributed by atoms with Crippen LogP contribution in [0.15, 0.2) is 0 Å². The molecule has 0 saturated heterocycles. The molecule has 2 aliphatic rings. The molecule has 0 aliphatic heterocycles. The van der Waals surface area contributed by atoms with Gasteiger partial charge >= 0.3 is 5.97 Å². The molecule has 0 radical (unpaired) electrons. The molecule has 2 aliphatic carbocycles. The lowest BCUT2D eigenvalue weighted by atomic mass is 9.84. The molecule has 0 aromatic rings. The number of carboxylic acids is 1. The third kappa shape index (κ3) is 2.36. The summed E-state index contributed by atoms with van der Waals surface area (Å²) in [6, 6.07) is 0.329. The minimum Gasteiger partial charge on any atom is -0.481 e. The number of carbonyl (C=O) groups excluding carboxylic acids is 1. The third-order valence-electron chi connectivity index (χ3n) is 3.62. The first-order valence-electron chi connectivity index (χ1n) is 6.13. The monoisotopic (exact) mass is 225 g/mol. The second-order valence-electron chi connectivity index (χ2n) is 5.09. The molecule has 0 unspecified atom stereocenters. The number of rotatable bonds is 5. The van der Waals surface area contributed by atoms with E-state index in [-0.39, 0.29) is 11.8 Å². The summed E-state index contributed by atoms with van der Waals surface area (Å²) in [5.74, 6) is -0.889. The van der Waals surface area contributed by atoms with Gasteiger partial charge in [0.1, 0.15) is 0 Å². The van der Waals surface area contributed by atoms with Crippen LogP contribution in [0, 0.1) is 11.8 Å². The number of carbonyl (C=O) groups is 2. The molecule has 1 atom stereocenters. The molecule has 1 N–H and O–H groups in total. The molecule has 4 heteroatoms. The molecule has 0 heterocycles. The van der Waals surface area contributed by atoms with Gasteiger partial charge in [-0.2, -0.15) is 0 Å². The van der Waals surface area contributed by atoms with Crippen LogP contribution >= 0.6 is 0 Å². The smallest absolute Gasteiger partial charge is 0.308 e. The van der Waals surface area contributed by atoms with Crippen molar-refractivity contribution in [2.75, 3.05) is 6.54 Å². The number of hydrogen-bond donors (Lipinski definition) is 1. The average Bonchev–Trinajstić information content (AvgIpc) is 2.93. The van der Waals surface area contributed by atoms with Crippen LogP contribution in [-0.2, 0) is 9.59 Å². The van der Waals surface area contributed by atoms with Crippen LogP contribution in [-0.4, -0.2) is 34.5 Å². The molecule has 4 nitrogen and oxygen atoms in total. The van der Waals surface area contributed by atoms with Gasteiger partial charge in [-0.05, 0) is 25.7 Å². The first kappa shape index (κ1) is 11.4. The van der Waals surface area contributed by atoms with Crippen LogP contribution < -0.4 is 0 Å². The van der Waals surface area contributed by atoms with E-state index < -0.39 is 11.9 Å². The number of hydrogen-bond acceptors (Lipinski definition) is 2. The minimum atomic E-state index is -0.813. The normalized spacial score (nSPS) is 22.3. The Labute approximate surface area is 95.6 Å². The van der Waals surface area contributed by atoms with Gasteiger partial charge in [-0.3, -0.25) is 9.59 Å². The fraction of sp³-hybridized carbons (Fsp3) is 0.833.